The molecular formula is C14H25N3O. The van der Waals surface area contributed by atoms with Crippen molar-refractivity contribution in [2.75, 3.05) is 18.0 Å². The molecule has 0 spiro atoms. The normalized spacial score (nSPS) is 20.0. The van der Waals surface area contributed by atoms with E-state index < -0.39 is 0 Å². The van der Waals surface area contributed by atoms with Crippen LogP contribution in [0.4, 0.5) is 6.01 Å². The van der Waals surface area contributed by atoms with Crippen molar-refractivity contribution in [2.45, 2.75) is 52.6 Å². The zero-order chi connectivity index (χ0) is 13.0. The summed E-state index contributed by atoms with van der Waals surface area (Å²) in [5.41, 5.74) is 1.01. The summed E-state index contributed by atoms with van der Waals surface area (Å²) in [7, 11) is 0. The molecule has 1 aromatic rings. The molecule has 0 saturated carbocycles. The first-order valence-electron chi connectivity index (χ1n) is 7.12. The highest BCUT2D eigenvalue weighted by Crippen LogP contribution is 2.26. The molecule has 0 amide bonds. The van der Waals surface area contributed by atoms with Gasteiger partial charge in [-0.3, -0.25) is 0 Å². The molecule has 0 bridgehead atoms. The number of anilines is 1. The minimum Gasteiger partial charge on any atom is -0.432 e. The Bertz CT molecular complexity index is 362. The van der Waals surface area contributed by atoms with E-state index in [4.69, 9.17) is 4.42 Å². The van der Waals surface area contributed by atoms with Gasteiger partial charge in [-0.05, 0) is 31.7 Å². The van der Waals surface area contributed by atoms with Crippen molar-refractivity contribution < 1.29 is 4.42 Å². The molecule has 1 N–H and O–H groups in total. The molecule has 2 rings (SSSR count). The number of nitrogens with one attached hydrogen (secondary N) is 1. The summed E-state index contributed by atoms with van der Waals surface area (Å²) in [6, 6.07) is 1.42. The number of hydrogen-bond donors (Lipinski definition) is 1. The second-order valence-corrected chi connectivity index (χ2v) is 5.54. The SMILES string of the molecule is CCC1CCCN1c1nc(CNCC(C)C)co1. The fourth-order valence-corrected chi connectivity index (χ4v) is 2.51. The van der Waals surface area contributed by atoms with Crippen molar-refractivity contribution >= 4 is 6.01 Å². The van der Waals surface area contributed by atoms with E-state index >= 15 is 0 Å². The van der Waals surface area contributed by atoms with Crippen LogP contribution in [0.3, 0.4) is 0 Å². The van der Waals surface area contributed by atoms with Gasteiger partial charge in [-0.15, -0.1) is 0 Å². The van der Waals surface area contributed by atoms with Crippen LogP contribution in [0.2, 0.25) is 0 Å². The van der Waals surface area contributed by atoms with Gasteiger partial charge in [0.25, 0.3) is 6.01 Å². The van der Waals surface area contributed by atoms with Gasteiger partial charge < -0.3 is 14.6 Å². The van der Waals surface area contributed by atoms with Gasteiger partial charge in [-0.2, -0.15) is 4.98 Å². The fourth-order valence-electron chi connectivity index (χ4n) is 2.51. The predicted molar refractivity (Wildman–Crippen MR) is 73.7 cm³/mol. The minimum absolute atomic E-state index is 0.611. The van der Waals surface area contributed by atoms with E-state index in [1.807, 2.05) is 0 Å². The molecule has 1 aliphatic heterocycles. The molecule has 1 aliphatic rings. The fraction of sp³-hybridized carbons (Fsp3) is 0.786. The highest BCUT2D eigenvalue weighted by atomic mass is 16.4. The Hall–Kier alpha value is -1.03. The van der Waals surface area contributed by atoms with Crippen molar-refractivity contribution in [3.8, 4) is 0 Å². The average molecular weight is 251 g/mol. The monoisotopic (exact) mass is 251 g/mol. The summed E-state index contributed by atoms with van der Waals surface area (Å²) in [5.74, 6) is 0.666. The molecule has 1 fully saturated rings. The standard InChI is InChI=1S/C14H25N3O/c1-4-13-6-5-7-17(13)14-16-12(10-18-14)9-15-8-11(2)3/h10-11,13,15H,4-9H2,1-3H3. The van der Waals surface area contributed by atoms with Crippen molar-refractivity contribution in [1.82, 2.24) is 10.3 Å². The zero-order valence-corrected chi connectivity index (χ0v) is 11.8. The van der Waals surface area contributed by atoms with Gasteiger partial charge in [0.2, 0.25) is 0 Å². The lowest BCUT2D eigenvalue weighted by Gasteiger charge is -2.20. The summed E-state index contributed by atoms with van der Waals surface area (Å²) in [6.45, 7) is 9.54. The van der Waals surface area contributed by atoms with Gasteiger partial charge in [0, 0.05) is 19.1 Å². The Morgan fingerprint density at radius 2 is 2.39 bits per heavy atom. The molecule has 1 unspecified atom stereocenters. The Balaban J connectivity index is 1.89. The average Bonchev–Trinajstić information content (AvgIpc) is 2.95. The summed E-state index contributed by atoms with van der Waals surface area (Å²) in [6.07, 6.45) is 5.47. The number of hydrogen-bond acceptors (Lipinski definition) is 4. The van der Waals surface area contributed by atoms with Crippen LogP contribution in [0.15, 0.2) is 10.7 Å². The van der Waals surface area contributed by atoms with Crippen molar-refractivity contribution in [3.63, 3.8) is 0 Å². The molecular weight excluding hydrogens is 226 g/mol. The molecule has 102 valence electrons. The summed E-state index contributed by atoms with van der Waals surface area (Å²) in [5, 5.41) is 3.39. The van der Waals surface area contributed by atoms with Crippen LogP contribution in [0.25, 0.3) is 0 Å². The zero-order valence-electron chi connectivity index (χ0n) is 11.8. The highest BCUT2D eigenvalue weighted by molar-refractivity contribution is 5.30. The third-order valence-electron chi connectivity index (χ3n) is 3.49. The molecule has 0 aromatic carbocycles. The Labute approximate surface area is 110 Å². The Morgan fingerprint density at radius 3 is 3.11 bits per heavy atom. The van der Waals surface area contributed by atoms with E-state index in [0.29, 0.717) is 12.0 Å². The van der Waals surface area contributed by atoms with Crippen LogP contribution in [0.1, 0.15) is 45.7 Å². The molecule has 4 heteroatoms. The maximum atomic E-state index is 5.61. The third-order valence-corrected chi connectivity index (χ3v) is 3.49. The van der Waals surface area contributed by atoms with Crippen LogP contribution in [-0.4, -0.2) is 24.1 Å². The van der Waals surface area contributed by atoms with Gasteiger partial charge in [0.1, 0.15) is 6.26 Å². The lowest BCUT2D eigenvalue weighted by molar-refractivity contribution is 0.514. The van der Waals surface area contributed by atoms with E-state index in [2.05, 4.69) is 36.0 Å². The second kappa shape index (κ2) is 6.23. The quantitative estimate of drug-likeness (QED) is 0.844. The molecule has 2 heterocycles. The van der Waals surface area contributed by atoms with E-state index in [0.717, 1.165) is 31.3 Å². The second-order valence-electron chi connectivity index (χ2n) is 5.54. The van der Waals surface area contributed by atoms with Crippen LogP contribution in [0, 0.1) is 5.92 Å². The lowest BCUT2D eigenvalue weighted by Crippen LogP contribution is -2.28. The molecule has 4 nitrogen and oxygen atoms in total. The van der Waals surface area contributed by atoms with Crippen molar-refractivity contribution in [1.29, 1.82) is 0 Å². The first-order chi connectivity index (χ1) is 8.70. The molecule has 18 heavy (non-hydrogen) atoms. The highest BCUT2D eigenvalue weighted by Gasteiger charge is 2.26. The van der Waals surface area contributed by atoms with Gasteiger partial charge in [-0.1, -0.05) is 20.8 Å². The molecule has 1 atom stereocenters. The van der Waals surface area contributed by atoms with Crippen LogP contribution in [-0.2, 0) is 6.54 Å². The maximum absolute atomic E-state index is 5.61. The predicted octanol–water partition coefficient (Wildman–Crippen LogP) is 2.80. The lowest BCUT2D eigenvalue weighted by atomic mass is 10.2. The van der Waals surface area contributed by atoms with Crippen molar-refractivity contribution in [2.24, 2.45) is 5.92 Å². The smallest absolute Gasteiger partial charge is 0.297 e. The van der Waals surface area contributed by atoms with Crippen LogP contribution < -0.4 is 10.2 Å². The van der Waals surface area contributed by atoms with Gasteiger partial charge >= 0.3 is 0 Å². The van der Waals surface area contributed by atoms with E-state index in [-0.39, 0.29) is 0 Å². The summed E-state index contributed by atoms with van der Waals surface area (Å²) in [4.78, 5) is 6.90. The van der Waals surface area contributed by atoms with Crippen molar-refractivity contribution in [3.05, 3.63) is 12.0 Å². The maximum Gasteiger partial charge on any atom is 0.297 e. The minimum atomic E-state index is 0.611. The first-order valence-corrected chi connectivity index (χ1v) is 7.12. The third kappa shape index (κ3) is 3.25. The Morgan fingerprint density at radius 1 is 1.56 bits per heavy atom. The summed E-state index contributed by atoms with van der Waals surface area (Å²) >= 11 is 0. The molecule has 0 aliphatic carbocycles. The Kier molecular flexibility index (Phi) is 4.64. The molecule has 1 saturated heterocycles. The van der Waals surface area contributed by atoms with E-state index in [9.17, 15) is 0 Å². The van der Waals surface area contributed by atoms with Gasteiger partial charge in [0.15, 0.2) is 0 Å². The molecule has 1 aromatic heterocycles. The van der Waals surface area contributed by atoms with Crippen LogP contribution >= 0.6 is 0 Å². The number of aromatic nitrogens is 1. The van der Waals surface area contributed by atoms with E-state index in [1.165, 1.54) is 19.3 Å². The topological polar surface area (TPSA) is 41.3 Å². The number of nitrogens with zero attached hydrogens (tertiary/aromatic N) is 2. The van der Waals surface area contributed by atoms with Gasteiger partial charge in [0.05, 0.1) is 5.69 Å². The number of rotatable bonds is 6. The van der Waals surface area contributed by atoms with Crippen LogP contribution in [0.5, 0.6) is 0 Å². The van der Waals surface area contributed by atoms with Gasteiger partial charge in [-0.25, -0.2) is 0 Å². The largest absolute Gasteiger partial charge is 0.432 e. The number of oxazole rings is 1. The summed E-state index contributed by atoms with van der Waals surface area (Å²) < 4.78 is 5.61. The molecule has 0 radical (unpaired) electrons. The first kappa shape index (κ1) is 13.4. The van der Waals surface area contributed by atoms with E-state index in [1.54, 1.807) is 6.26 Å².